The van der Waals surface area contributed by atoms with Crippen LogP contribution in [0, 0.1) is 5.92 Å². The summed E-state index contributed by atoms with van der Waals surface area (Å²) in [6.45, 7) is 17.2. The molecular formula is C26H33Cl2NSiZr. The molecule has 1 heterocycles. The van der Waals surface area contributed by atoms with Crippen LogP contribution in [-0.4, -0.2) is 10.4 Å². The van der Waals surface area contributed by atoms with Gasteiger partial charge in [0.05, 0.1) is 0 Å². The van der Waals surface area contributed by atoms with Crippen molar-refractivity contribution in [3.05, 3.63) is 91.1 Å². The molecule has 0 N–H and O–H groups in total. The van der Waals surface area contributed by atoms with Crippen molar-refractivity contribution in [1.82, 2.24) is 4.98 Å². The van der Waals surface area contributed by atoms with Gasteiger partial charge in [0.15, 0.2) is 0 Å². The first kappa shape index (κ1) is 26.5. The number of rotatable bonds is 3. The Kier molecular flexibility index (Phi) is 8.96. The molecule has 4 rings (SSSR count). The van der Waals surface area contributed by atoms with Crippen molar-refractivity contribution in [3.8, 4) is 0 Å². The molecule has 0 spiro atoms. The Bertz CT molecular complexity index is 1130. The average molecular weight is 550 g/mol. The molecule has 5 heteroatoms. The van der Waals surface area contributed by atoms with Crippen LogP contribution in [-0.2, 0) is 20.4 Å². The average Bonchev–Trinajstić information content (AvgIpc) is 3.10. The largest absolute Gasteiger partial charge is 0.147 e. The molecular weight excluding hydrogens is 517 g/mol. The number of benzene rings is 1. The molecule has 0 bridgehead atoms. The normalized spacial score (nSPS) is 19.8. The minimum atomic E-state index is -1.95. The van der Waals surface area contributed by atoms with E-state index in [2.05, 4.69) is 89.1 Å². The molecule has 2 unspecified atom stereocenters. The van der Waals surface area contributed by atoms with Crippen molar-refractivity contribution < 1.29 is 20.4 Å². The third-order valence-electron chi connectivity index (χ3n) is 7.08. The third kappa shape index (κ3) is 4.41. The Morgan fingerprint density at radius 2 is 1.55 bits per heavy atom. The number of halogens is 2. The molecule has 164 valence electrons. The monoisotopic (exact) mass is 547 g/mol. The summed E-state index contributed by atoms with van der Waals surface area (Å²) < 4.78 is 2.56. The van der Waals surface area contributed by atoms with Gasteiger partial charge in [0.25, 0.3) is 0 Å². The van der Waals surface area contributed by atoms with E-state index in [1.807, 2.05) is 15.7 Å². The van der Waals surface area contributed by atoms with E-state index in [1.54, 1.807) is 27.9 Å². The molecule has 0 amide bonds. The standard InChI is InChI=1S/C15H12N.C9H13.C2H6Si.2ClH.Zr/c1-11-9-12-5-2-3-7-14(12)15(11)13-6-4-8-16-10-13;1-6-5-7(2)9(4)8(6)3;1-3-2;;;/h2-10H,1H3;6H,1-4H3;1-2H3;2*1H;. The number of hydrogen-bond donors (Lipinski definition) is 0. The van der Waals surface area contributed by atoms with E-state index in [1.165, 1.54) is 16.7 Å². The third-order valence-corrected chi connectivity index (χ3v) is 26.1. The number of fused-ring (bicyclic) bond motifs is 1. The SMILES string of the molecule is CC1=C(C)C(C)[C]([Zr]([CH]2C(C)=C(c3cccnc3)c3ccccc32)=[Si](C)C)=C1C.Cl.Cl. The Labute approximate surface area is 208 Å². The van der Waals surface area contributed by atoms with Gasteiger partial charge in [0.1, 0.15) is 0 Å². The zero-order valence-corrected chi connectivity index (χ0v) is 24.6. The van der Waals surface area contributed by atoms with Crippen molar-refractivity contribution in [3.63, 3.8) is 0 Å². The Hall–Kier alpha value is -0.730. The van der Waals surface area contributed by atoms with Crippen molar-refractivity contribution in [2.75, 3.05) is 0 Å². The first-order chi connectivity index (χ1) is 13.8. The van der Waals surface area contributed by atoms with Gasteiger partial charge in [-0.25, -0.2) is 0 Å². The molecule has 0 radical (unpaired) electrons. The van der Waals surface area contributed by atoms with Crippen LogP contribution in [0.3, 0.4) is 0 Å². The number of hydrogen-bond acceptors (Lipinski definition) is 1. The second kappa shape index (κ2) is 10.5. The molecule has 0 aliphatic heterocycles. The molecule has 1 aromatic carbocycles. The van der Waals surface area contributed by atoms with Gasteiger partial charge in [0.2, 0.25) is 0 Å². The predicted octanol–water partition coefficient (Wildman–Crippen LogP) is 7.93. The van der Waals surface area contributed by atoms with Gasteiger partial charge in [-0.15, -0.1) is 24.8 Å². The molecule has 1 aromatic heterocycles. The summed E-state index contributed by atoms with van der Waals surface area (Å²) in [5.74, 6) is 0.645. The maximum absolute atomic E-state index is 4.44. The van der Waals surface area contributed by atoms with Gasteiger partial charge in [0, 0.05) is 0 Å². The molecule has 2 aliphatic rings. The molecule has 0 fully saturated rings. The summed E-state index contributed by atoms with van der Waals surface area (Å²) in [4.78, 5) is 4.44. The Balaban J connectivity index is 0.00000171. The first-order valence-electron chi connectivity index (χ1n) is 10.6. The first-order valence-corrected chi connectivity index (χ1v) is 19.4. The molecule has 2 aromatic rings. The van der Waals surface area contributed by atoms with Gasteiger partial charge >= 0.3 is 185 Å². The van der Waals surface area contributed by atoms with Crippen molar-refractivity contribution in [1.29, 1.82) is 0 Å². The van der Waals surface area contributed by atoms with E-state index in [9.17, 15) is 0 Å². The van der Waals surface area contributed by atoms with Gasteiger partial charge in [-0.2, -0.15) is 0 Å². The van der Waals surface area contributed by atoms with Crippen LogP contribution >= 0.6 is 24.8 Å². The van der Waals surface area contributed by atoms with Crippen LogP contribution in [0.1, 0.15) is 54.9 Å². The van der Waals surface area contributed by atoms with Gasteiger partial charge in [-0.3, -0.25) is 0 Å². The molecule has 2 aliphatic carbocycles. The van der Waals surface area contributed by atoms with Crippen molar-refractivity contribution in [2.45, 2.75) is 51.3 Å². The maximum Gasteiger partial charge on any atom is -0.147 e. The van der Waals surface area contributed by atoms with E-state index >= 15 is 0 Å². The summed E-state index contributed by atoms with van der Waals surface area (Å²) >= 11 is -1.95. The summed E-state index contributed by atoms with van der Waals surface area (Å²) in [7, 11) is 0. The minimum Gasteiger partial charge on any atom is -0.147 e. The molecule has 1 nitrogen and oxygen atoms in total. The van der Waals surface area contributed by atoms with Crippen LogP contribution in [0.25, 0.3) is 5.57 Å². The fraction of sp³-hybridized carbons (Fsp3) is 0.346. The Morgan fingerprint density at radius 1 is 0.871 bits per heavy atom. The smallest absolute Gasteiger partial charge is 0.147 e. The van der Waals surface area contributed by atoms with Crippen LogP contribution in [0.2, 0.25) is 13.1 Å². The van der Waals surface area contributed by atoms with Crippen LogP contribution in [0.15, 0.2) is 74.4 Å². The predicted molar refractivity (Wildman–Crippen MR) is 137 cm³/mol. The van der Waals surface area contributed by atoms with Crippen molar-refractivity contribution >= 4 is 35.8 Å². The molecule has 31 heavy (non-hydrogen) atoms. The van der Waals surface area contributed by atoms with E-state index in [0.717, 1.165) is 0 Å². The second-order valence-corrected chi connectivity index (χ2v) is 26.1. The zero-order valence-electron chi connectivity index (χ0n) is 19.5. The zero-order chi connectivity index (χ0) is 20.9. The minimum absolute atomic E-state index is 0. The number of nitrogens with zero attached hydrogens (tertiary/aromatic N) is 1. The molecule has 0 saturated carbocycles. The summed E-state index contributed by atoms with van der Waals surface area (Å²) in [6.07, 6.45) is 3.92. The van der Waals surface area contributed by atoms with Crippen molar-refractivity contribution in [2.24, 2.45) is 5.92 Å². The number of allylic oxidation sites excluding steroid dienone is 5. The summed E-state index contributed by atoms with van der Waals surface area (Å²) in [5.41, 5.74) is 11.8. The number of aromatic nitrogens is 1. The summed E-state index contributed by atoms with van der Waals surface area (Å²) in [6, 6.07) is 13.5. The van der Waals surface area contributed by atoms with Gasteiger partial charge in [-0.05, 0) is 0 Å². The van der Waals surface area contributed by atoms with Crippen LogP contribution < -0.4 is 0 Å². The second-order valence-electron chi connectivity index (χ2n) is 8.80. The van der Waals surface area contributed by atoms with E-state index < -0.39 is 20.4 Å². The van der Waals surface area contributed by atoms with Crippen LogP contribution in [0.5, 0.6) is 0 Å². The van der Waals surface area contributed by atoms with E-state index in [-0.39, 0.29) is 30.2 Å². The topological polar surface area (TPSA) is 12.9 Å². The fourth-order valence-corrected chi connectivity index (χ4v) is 26.0. The van der Waals surface area contributed by atoms with E-state index in [0.29, 0.717) is 9.54 Å². The van der Waals surface area contributed by atoms with Gasteiger partial charge < -0.3 is 0 Å². The van der Waals surface area contributed by atoms with Crippen LogP contribution in [0.4, 0.5) is 0 Å². The maximum atomic E-state index is 4.44. The van der Waals surface area contributed by atoms with E-state index in [4.69, 9.17) is 0 Å². The number of pyridine rings is 1. The quantitative estimate of drug-likeness (QED) is 0.354. The summed E-state index contributed by atoms with van der Waals surface area (Å²) in [5, 5.41) is 0. The fourth-order valence-electron chi connectivity index (χ4n) is 5.34. The molecule has 0 saturated heterocycles. The van der Waals surface area contributed by atoms with Gasteiger partial charge in [-0.1, -0.05) is 0 Å². The Morgan fingerprint density at radius 3 is 2.10 bits per heavy atom. The molecule has 2 atom stereocenters.